The number of pyridine rings is 1. The van der Waals surface area contributed by atoms with Gasteiger partial charge in [0.15, 0.2) is 5.84 Å². The second-order valence-electron chi connectivity index (χ2n) is 2.41. The summed E-state index contributed by atoms with van der Waals surface area (Å²) in [6, 6.07) is 1.50. The van der Waals surface area contributed by atoms with E-state index in [1.807, 2.05) is 0 Å². The number of rotatable bonds is 1. The van der Waals surface area contributed by atoms with Gasteiger partial charge in [-0.2, -0.15) is 13.2 Å². The van der Waals surface area contributed by atoms with Crippen molar-refractivity contribution in [1.29, 1.82) is 0 Å². The fourth-order valence-electron chi connectivity index (χ4n) is 0.798. The number of alkyl halides is 3. The molecule has 4 nitrogen and oxygen atoms in total. The molecule has 0 amide bonds. The number of oxime groups is 1. The van der Waals surface area contributed by atoms with Crippen molar-refractivity contribution in [3.05, 3.63) is 29.6 Å². The molecule has 1 aromatic heterocycles. The summed E-state index contributed by atoms with van der Waals surface area (Å²) in [7, 11) is 0. The molecular weight excluding hydrogens is 199 g/mol. The van der Waals surface area contributed by atoms with Crippen molar-refractivity contribution in [2.24, 2.45) is 10.9 Å². The van der Waals surface area contributed by atoms with Crippen LogP contribution in [0.1, 0.15) is 11.3 Å². The Morgan fingerprint density at radius 3 is 2.64 bits per heavy atom. The summed E-state index contributed by atoms with van der Waals surface area (Å²) in [5.74, 6) is -0.462. The summed E-state index contributed by atoms with van der Waals surface area (Å²) in [5.41, 5.74) is 3.96. The fourth-order valence-corrected chi connectivity index (χ4v) is 0.798. The molecule has 0 spiro atoms. The maximum Gasteiger partial charge on any atom is 0.416 e. The number of amidine groups is 1. The van der Waals surface area contributed by atoms with E-state index < -0.39 is 17.6 Å². The molecule has 0 aromatic carbocycles. The lowest BCUT2D eigenvalue weighted by Gasteiger charge is -2.06. The van der Waals surface area contributed by atoms with Crippen LogP contribution in [-0.4, -0.2) is 16.0 Å². The Balaban J connectivity index is 3.14. The molecule has 7 heteroatoms. The first-order chi connectivity index (χ1) is 6.45. The van der Waals surface area contributed by atoms with E-state index in [1.165, 1.54) is 0 Å². The standard InChI is InChI=1S/C7H6F3N3O/c8-7(9,10)4-1-2-12-5(3-4)6(11)13-14/h1-3,14H,(H2,11,13). The van der Waals surface area contributed by atoms with Gasteiger partial charge >= 0.3 is 6.18 Å². The molecule has 1 rings (SSSR count). The Bertz CT molecular complexity index is 361. The summed E-state index contributed by atoms with van der Waals surface area (Å²) in [5, 5.41) is 10.8. The lowest BCUT2D eigenvalue weighted by atomic mass is 10.2. The van der Waals surface area contributed by atoms with Gasteiger partial charge in [-0.15, -0.1) is 0 Å². The second kappa shape index (κ2) is 3.52. The van der Waals surface area contributed by atoms with Gasteiger partial charge in [0.1, 0.15) is 5.69 Å². The quantitative estimate of drug-likeness (QED) is 0.313. The molecule has 0 saturated carbocycles. The highest BCUT2D eigenvalue weighted by molar-refractivity contribution is 5.95. The fraction of sp³-hybridized carbons (Fsp3) is 0.143. The average molecular weight is 205 g/mol. The highest BCUT2D eigenvalue weighted by Crippen LogP contribution is 2.28. The minimum atomic E-state index is -4.46. The van der Waals surface area contributed by atoms with Crippen LogP contribution in [0.5, 0.6) is 0 Å². The molecule has 1 heterocycles. The molecule has 0 aliphatic carbocycles. The van der Waals surface area contributed by atoms with Crippen LogP contribution in [-0.2, 0) is 6.18 Å². The number of hydrogen-bond acceptors (Lipinski definition) is 3. The lowest BCUT2D eigenvalue weighted by Crippen LogP contribution is -2.16. The predicted octanol–water partition coefficient (Wildman–Crippen LogP) is 1.19. The summed E-state index contributed by atoms with van der Waals surface area (Å²) in [4.78, 5) is 3.51. The van der Waals surface area contributed by atoms with Crippen LogP contribution < -0.4 is 5.73 Å². The van der Waals surface area contributed by atoms with E-state index in [0.717, 1.165) is 12.3 Å². The van der Waals surface area contributed by atoms with Gasteiger partial charge in [-0.1, -0.05) is 5.16 Å². The summed E-state index contributed by atoms with van der Waals surface area (Å²) >= 11 is 0. The van der Waals surface area contributed by atoms with Gasteiger partial charge in [0.25, 0.3) is 0 Å². The largest absolute Gasteiger partial charge is 0.416 e. The third-order valence-corrected chi connectivity index (χ3v) is 1.46. The molecule has 0 radical (unpaired) electrons. The average Bonchev–Trinajstić information content (AvgIpc) is 2.15. The molecule has 0 aliphatic rings. The van der Waals surface area contributed by atoms with Crippen LogP contribution in [0.3, 0.4) is 0 Å². The molecule has 76 valence electrons. The monoisotopic (exact) mass is 205 g/mol. The Kier molecular flexibility index (Phi) is 2.59. The summed E-state index contributed by atoms with van der Waals surface area (Å²) < 4.78 is 36.5. The molecule has 14 heavy (non-hydrogen) atoms. The minimum absolute atomic E-state index is 0.220. The van der Waals surface area contributed by atoms with Crippen molar-refractivity contribution < 1.29 is 18.4 Å². The van der Waals surface area contributed by atoms with Gasteiger partial charge in [-0.05, 0) is 12.1 Å². The number of halogens is 3. The maximum absolute atomic E-state index is 12.2. The summed E-state index contributed by atoms with van der Waals surface area (Å²) in [6.07, 6.45) is -3.52. The molecule has 1 aromatic rings. The van der Waals surface area contributed by atoms with Crippen molar-refractivity contribution >= 4 is 5.84 Å². The van der Waals surface area contributed by atoms with Gasteiger partial charge in [0, 0.05) is 6.20 Å². The highest BCUT2D eigenvalue weighted by atomic mass is 19.4. The summed E-state index contributed by atoms with van der Waals surface area (Å²) in [6.45, 7) is 0. The molecule has 0 fully saturated rings. The van der Waals surface area contributed by atoms with E-state index in [4.69, 9.17) is 10.9 Å². The normalized spacial score (nSPS) is 12.9. The van der Waals surface area contributed by atoms with Crippen LogP contribution in [0.15, 0.2) is 23.5 Å². The molecule has 0 saturated heterocycles. The van der Waals surface area contributed by atoms with Crippen molar-refractivity contribution in [2.75, 3.05) is 0 Å². The van der Waals surface area contributed by atoms with Crippen LogP contribution in [0, 0.1) is 0 Å². The number of nitrogens with two attached hydrogens (primary N) is 1. The first-order valence-corrected chi connectivity index (χ1v) is 3.46. The molecular formula is C7H6F3N3O. The number of aromatic nitrogens is 1. The highest BCUT2D eigenvalue weighted by Gasteiger charge is 2.30. The van der Waals surface area contributed by atoms with Crippen molar-refractivity contribution in [3.63, 3.8) is 0 Å². The number of hydrogen-bond donors (Lipinski definition) is 2. The third-order valence-electron chi connectivity index (χ3n) is 1.46. The molecule has 0 bridgehead atoms. The van der Waals surface area contributed by atoms with Crippen LogP contribution in [0.4, 0.5) is 13.2 Å². The zero-order chi connectivity index (χ0) is 10.8. The van der Waals surface area contributed by atoms with E-state index in [0.29, 0.717) is 6.07 Å². The van der Waals surface area contributed by atoms with Crippen molar-refractivity contribution in [3.8, 4) is 0 Å². The maximum atomic E-state index is 12.2. The predicted molar refractivity (Wildman–Crippen MR) is 41.7 cm³/mol. The zero-order valence-corrected chi connectivity index (χ0v) is 6.78. The SMILES string of the molecule is N/C(=N\O)c1cc(C(F)(F)F)ccn1. The van der Waals surface area contributed by atoms with Gasteiger partial charge in [-0.3, -0.25) is 4.98 Å². The van der Waals surface area contributed by atoms with E-state index in [1.54, 1.807) is 0 Å². The van der Waals surface area contributed by atoms with Gasteiger partial charge < -0.3 is 10.9 Å². The third kappa shape index (κ3) is 2.12. The zero-order valence-electron chi connectivity index (χ0n) is 6.78. The van der Waals surface area contributed by atoms with Crippen LogP contribution in [0.25, 0.3) is 0 Å². The van der Waals surface area contributed by atoms with E-state index >= 15 is 0 Å². The van der Waals surface area contributed by atoms with Crippen molar-refractivity contribution in [1.82, 2.24) is 4.98 Å². The first-order valence-electron chi connectivity index (χ1n) is 3.46. The lowest BCUT2D eigenvalue weighted by molar-refractivity contribution is -0.137. The molecule has 0 atom stereocenters. The smallest absolute Gasteiger partial charge is 0.409 e. The Labute approximate surface area is 76.9 Å². The van der Waals surface area contributed by atoms with Gasteiger partial charge in [0.05, 0.1) is 5.56 Å². The van der Waals surface area contributed by atoms with Gasteiger partial charge in [-0.25, -0.2) is 0 Å². The number of nitrogens with zero attached hydrogens (tertiary/aromatic N) is 2. The first kappa shape index (κ1) is 10.3. The van der Waals surface area contributed by atoms with Crippen LogP contribution in [0.2, 0.25) is 0 Å². The molecule has 0 aliphatic heterocycles. The minimum Gasteiger partial charge on any atom is -0.409 e. The van der Waals surface area contributed by atoms with E-state index in [9.17, 15) is 13.2 Å². The second-order valence-corrected chi connectivity index (χ2v) is 2.41. The molecule has 0 unspecified atom stereocenters. The van der Waals surface area contributed by atoms with Crippen LogP contribution >= 0.6 is 0 Å². The topological polar surface area (TPSA) is 71.5 Å². The van der Waals surface area contributed by atoms with E-state index in [2.05, 4.69) is 10.1 Å². The van der Waals surface area contributed by atoms with Crippen molar-refractivity contribution in [2.45, 2.75) is 6.18 Å². The molecule has 3 N–H and O–H groups in total. The van der Waals surface area contributed by atoms with E-state index in [-0.39, 0.29) is 5.69 Å². The Hall–Kier alpha value is -1.79. The Morgan fingerprint density at radius 2 is 2.14 bits per heavy atom. The Morgan fingerprint density at radius 1 is 1.50 bits per heavy atom. The van der Waals surface area contributed by atoms with Gasteiger partial charge in [0.2, 0.25) is 0 Å².